The van der Waals surface area contributed by atoms with Gasteiger partial charge in [-0.25, -0.2) is 0 Å². The van der Waals surface area contributed by atoms with Gasteiger partial charge in [-0.1, -0.05) is 26.0 Å². The molecule has 1 amide bonds. The number of hydrogen-bond donors (Lipinski definition) is 2. The number of nitrogens with zero attached hydrogens (tertiary/aromatic N) is 2. The first kappa shape index (κ1) is 18.8. The van der Waals surface area contributed by atoms with E-state index in [-0.39, 0.29) is 34.9 Å². The molecular weight excluding hydrogens is 340 g/mol. The third-order valence-electron chi connectivity index (χ3n) is 4.87. The molecular formula is C22H26N2O3. The van der Waals surface area contributed by atoms with Crippen LogP contribution in [-0.4, -0.2) is 26.7 Å². The van der Waals surface area contributed by atoms with Gasteiger partial charge in [0, 0.05) is 30.7 Å². The smallest absolute Gasteiger partial charge is 0.262 e. The van der Waals surface area contributed by atoms with Crippen LogP contribution in [0.4, 0.5) is 5.69 Å². The summed E-state index contributed by atoms with van der Waals surface area (Å²) >= 11 is 0. The van der Waals surface area contributed by atoms with E-state index < -0.39 is 0 Å². The Balaban J connectivity index is 2.18. The molecule has 5 nitrogen and oxygen atoms in total. The van der Waals surface area contributed by atoms with E-state index in [4.69, 9.17) is 0 Å². The maximum Gasteiger partial charge on any atom is 0.262 e. The fraction of sp³-hybridized carbons (Fsp3) is 0.318. The second-order valence-electron chi connectivity index (χ2n) is 7.49. The minimum Gasteiger partial charge on any atom is -0.508 e. The Morgan fingerprint density at radius 3 is 2.37 bits per heavy atom. The average molecular weight is 366 g/mol. The number of hydrogen-bond acceptors (Lipinski definition) is 3. The van der Waals surface area contributed by atoms with Gasteiger partial charge in [-0.05, 0) is 43.5 Å². The van der Waals surface area contributed by atoms with E-state index in [2.05, 4.69) is 0 Å². The number of fused-ring (bicyclic) bond motifs is 1. The lowest BCUT2D eigenvalue weighted by Crippen LogP contribution is -2.37. The molecule has 0 spiro atoms. The van der Waals surface area contributed by atoms with Crippen LogP contribution in [0.1, 0.15) is 49.5 Å². The molecule has 0 unspecified atom stereocenters. The summed E-state index contributed by atoms with van der Waals surface area (Å²) in [6, 6.07) is 10.6. The van der Waals surface area contributed by atoms with E-state index >= 15 is 0 Å². The summed E-state index contributed by atoms with van der Waals surface area (Å²) in [4.78, 5) is 15.1. The highest BCUT2D eigenvalue weighted by Crippen LogP contribution is 2.35. The number of carbonyl (C=O) groups is 1. The van der Waals surface area contributed by atoms with Crippen LogP contribution in [-0.2, 0) is 7.05 Å². The molecule has 0 bridgehead atoms. The predicted molar refractivity (Wildman–Crippen MR) is 109 cm³/mol. The summed E-state index contributed by atoms with van der Waals surface area (Å²) in [7, 11) is 1.95. The summed E-state index contributed by atoms with van der Waals surface area (Å²) in [5.74, 6) is -0.481. The Bertz CT molecular complexity index is 1000. The van der Waals surface area contributed by atoms with Gasteiger partial charge in [0.05, 0.1) is 16.8 Å². The molecule has 0 radical (unpaired) electrons. The number of aromatic nitrogens is 1. The van der Waals surface area contributed by atoms with Crippen LogP contribution in [0.3, 0.4) is 0 Å². The largest absolute Gasteiger partial charge is 0.508 e. The highest BCUT2D eigenvalue weighted by molar-refractivity contribution is 6.12. The number of rotatable bonds is 4. The van der Waals surface area contributed by atoms with Gasteiger partial charge in [-0.3, -0.25) is 4.79 Å². The van der Waals surface area contributed by atoms with Crippen LogP contribution in [0.15, 0.2) is 42.6 Å². The number of amides is 1. The van der Waals surface area contributed by atoms with Crippen LogP contribution in [0.25, 0.3) is 10.9 Å². The van der Waals surface area contributed by atoms with Gasteiger partial charge in [-0.15, -0.1) is 0 Å². The lowest BCUT2D eigenvalue weighted by Gasteiger charge is -2.28. The number of para-hydroxylation sites is 1. The standard InChI is InChI=1S/C22H26N2O3/c1-13(2)16-11-17(20(26)12-19(16)25)22(27)24(14(3)4)18-8-6-7-15-9-10-23(5)21(15)18/h6-14,25-26H,1-5H3. The number of aromatic hydroxyl groups is 2. The predicted octanol–water partition coefficient (Wildman–Crippen LogP) is 4.77. The first-order valence-corrected chi connectivity index (χ1v) is 9.15. The first-order chi connectivity index (χ1) is 12.7. The van der Waals surface area contributed by atoms with Gasteiger partial charge in [0.2, 0.25) is 0 Å². The maximum atomic E-state index is 13.4. The number of carbonyl (C=O) groups excluding carboxylic acids is 1. The van der Waals surface area contributed by atoms with Gasteiger partial charge in [0.25, 0.3) is 5.91 Å². The molecule has 0 saturated heterocycles. The van der Waals surface area contributed by atoms with E-state index in [9.17, 15) is 15.0 Å². The summed E-state index contributed by atoms with van der Waals surface area (Å²) in [6.45, 7) is 7.76. The Kier molecular flexibility index (Phi) is 4.87. The summed E-state index contributed by atoms with van der Waals surface area (Å²) in [5.41, 5.74) is 2.58. The van der Waals surface area contributed by atoms with Crippen LogP contribution in [0.2, 0.25) is 0 Å². The normalized spacial score (nSPS) is 11.5. The van der Waals surface area contributed by atoms with Crippen molar-refractivity contribution in [2.75, 3.05) is 4.90 Å². The van der Waals surface area contributed by atoms with Crippen molar-refractivity contribution in [3.05, 3.63) is 53.7 Å². The van der Waals surface area contributed by atoms with Crippen molar-refractivity contribution < 1.29 is 15.0 Å². The Morgan fingerprint density at radius 1 is 1.04 bits per heavy atom. The Hall–Kier alpha value is -2.95. The molecule has 0 atom stereocenters. The van der Waals surface area contributed by atoms with Gasteiger partial charge in [0.1, 0.15) is 11.5 Å². The third kappa shape index (κ3) is 3.25. The lowest BCUT2D eigenvalue weighted by atomic mass is 9.98. The van der Waals surface area contributed by atoms with Crippen molar-refractivity contribution in [3.63, 3.8) is 0 Å². The molecule has 1 heterocycles. The second-order valence-corrected chi connectivity index (χ2v) is 7.49. The molecule has 3 aromatic rings. The summed E-state index contributed by atoms with van der Waals surface area (Å²) < 4.78 is 1.99. The number of aryl methyl sites for hydroxylation is 1. The van der Waals surface area contributed by atoms with E-state index in [1.807, 2.05) is 69.8 Å². The van der Waals surface area contributed by atoms with E-state index in [0.717, 1.165) is 16.6 Å². The molecule has 5 heteroatoms. The molecule has 2 aromatic carbocycles. The van der Waals surface area contributed by atoms with E-state index in [1.165, 1.54) is 6.07 Å². The molecule has 1 aromatic heterocycles. The third-order valence-corrected chi connectivity index (χ3v) is 4.87. The SMILES string of the molecule is CC(C)c1cc(C(=O)N(c2cccc3ccn(C)c23)C(C)C)c(O)cc1O. The lowest BCUT2D eigenvalue weighted by molar-refractivity contribution is 0.0978. The number of benzene rings is 2. The monoisotopic (exact) mass is 366 g/mol. The van der Waals surface area contributed by atoms with Gasteiger partial charge >= 0.3 is 0 Å². The maximum absolute atomic E-state index is 13.4. The van der Waals surface area contributed by atoms with E-state index in [1.54, 1.807) is 11.0 Å². The van der Waals surface area contributed by atoms with Crippen molar-refractivity contribution in [1.82, 2.24) is 4.57 Å². The zero-order chi connectivity index (χ0) is 19.9. The Labute approximate surface area is 159 Å². The van der Waals surface area contributed by atoms with Crippen molar-refractivity contribution in [2.45, 2.75) is 39.7 Å². The summed E-state index contributed by atoms with van der Waals surface area (Å²) in [5, 5.41) is 21.5. The second kappa shape index (κ2) is 6.99. The topological polar surface area (TPSA) is 65.7 Å². The average Bonchev–Trinajstić information content (AvgIpc) is 2.96. The van der Waals surface area contributed by atoms with Crippen LogP contribution in [0.5, 0.6) is 11.5 Å². The molecule has 0 aliphatic heterocycles. The van der Waals surface area contributed by atoms with E-state index in [0.29, 0.717) is 5.56 Å². The highest BCUT2D eigenvalue weighted by Gasteiger charge is 2.27. The highest BCUT2D eigenvalue weighted by atomic mass is 16.3. The van der Waals surface area contributed by atoms with Gasteiger partial charge in [-0.2, -0.15) is 0 Å². The van der Waals surface area contributed by atoms with Crippen LogP contribution >= 0.6 is 0 Å². The minimum absolute atomic E-state index is 0.000293. The minimum atomic E-state index is -0.293. The molecule has 2 N–H and O–H groups in total. The summed E-state index contributed by atoms with van der Waals surface area (Å²) in [6.07, 6.45) is 1.96. The van der Waals surface area contributed by atoms with Crippen molar-refractivity contribution in [3.8, 4) is 11.5 Å². The number of phenolic OH excluding ortho intramolecular Hbond substituents is 2. The van der Waals surface area contributed by atoms with Crippen molar-refractivity contribution >= 4 is 22.5 Å². The zero-order valence-corrected chi connectivity index (χ0v) is 16.4. The molecule has 0 aliphatic carbocycles. The van der Waals surface area contributed by atoms with Crippen LogP contribution < -0.4 is 4.90 Å². The Morgan fingerprint density at radius 2 is 1.74 bits per heavy atom. The quantitative estimate of drug-likeness (QED) is 0.699. The fourth-order valence-corrected chi connectivity index (χ4v) is 3.51. The van der Waals surface area contributed by atoms with Gasteiger partial charge in [0.15, 0.2) is 0 Å². The molecule has 0 saturated carbocycles. The van der Waals surface area contributed by atoms with Gasteiger partial charge < -0.3 is 19.7 Å². The van der Waals surface area contributed by atoms with Crippen molar-refractivity contribution in [1.29, 1.82) is 0 Å². The zero-order valence-electron chi connectivity index (χ0n) is 16.4. The first-order valence-electron chi connectivity index (χ1n) is 9.15. The van der Waals surface area contributed by atoms with Crippen LogP contribution in [0, 0.1) is 0 Å². The molecule has 142 valence electrons. The molecule has 3 rings (SSSR count). The molecule has 27 heavy (non-hydrogen) atoms. The number of phenols is 2. The molecule has 0 aliphatic rings. The fourth-order valence-electron chi connectivity index (χ4n) is 3.51. The molecule has 0 fully saturated rings. The number of anilines is 1. The van der Waals surface area contributed by atoms with Crippen molar-refractivity contribution in [2.24, 2.45) is 7.05 Å².